The highest BCUT2D eigenvalue weighted by Gasteiger charge is 2.15. The third-order valence-corrected chi connectivity index (χ3v) is 2.12. The Bertz CT molecular complexity index is 226. The Morgan fingerprint density at radius 3 is 2.87 bits per heavy atom. The Labute approximate surface area is 88.0 Å². The molecule has 6 heteroatoms. The van der Waals surface area contributed by atoms with Gasteiger partial charge in [0.15, 0.2) is 0 Å². The van der Waals surface area contributed by atoms with Gasteiger partial charge >= 0.3 is 12.0 Å². The number of urea groups is 1. The summed E-state index contributed by atoms with van der Waals surface area (Å²) in [6, 6.07) is -0.282. The molecule has 1 unspecified atom stereocenters. The number of hydrogen-bond acceptors (Lipinski definition) is 3. The number of aliphatic carboxylic acids is 1. The number of rotatable bonds is 4. The van der Waals surface area contributed by atoms with Crippen molar-refractivity contribution < 1.29 is 19.4 Å². The van der Waals surface area contributed by atoms with Crippen molar-refractivity contribution in [1.29, 1.82) is 0 Å². The first kappa shape index (κ1) is 11.8. The van der Waals surface area contributed by atoms with E-state index in [0.29, 0.717) is 6.61 Å². The van der Waals surface area contributed by atoms with Crippen LogP contribution in [0, 0.1) is 0 Å². The number of carboxylic acids is 1. The van der Waals surface area contributed by atoms with E-state index in [4.69, 9.17) is 9.84 Å². The zero-order valence-corrected chi connectivity index (χ0v) is 8.49. The van der Waals surface area contributed by atoms with Crippen molar-refractivity contribution in [3.05, 3.63) is 0 Å². The highest BCUT2D eigenvalue weighted by Crippen LogP contribution is 2.05. The molecule has 0 saturated carbocycles. The summed E-state index contributed by atoms with van der Waals surface area (Å²) in [5.41, 5.74) is 0. The molecule has 0 bridgehead atoms. The van der Waals surface area contributed by atoms with Gasteiger partial charge in [-0.05, 0) is 12.8 Å². The fourth-order valence-corrected chi connectivity index (χ4v) is 1.37. The lowest BCUT2D eigenvalue weighted by atomic mass is 10.1. The van der Waals surface area contributed by atoms with Crippen molar-refractivity contribution in [2.24, 2.45) is 0 Å². The molecule has 1 saturated heterocycles. The van der Waals surface area contributed by atoms with E-state index in [1.807, 2.05) is 0 Å². The standard InChI is InChI=1S/C9H16N2O4/c12-8(13)3-4-10-9(14)11-7-2-1-5-15-6-7/h7H,1-6H2,(H,12,13)(H2,10,11,14). The second-order valence-electron chi connectivity index (χ2n) is 3.46. The lowest BCUT2D eigenvalue weighted by molar-refractivity contribution is -0.136. The van der Waals surface area contributed by atoms with Gasteiger partial charge in [0.05, 0.1) is 19.1 Å². The van der Waals surface area contributed by atoms with E-state index in [0.717, 1.165) is 19.4 Å². The van der Waals surface area contributed by atoms with Crippen LogP contribution in [0.4, 0.5) is 4.79 Å². The summed E-state index contributed by atoms with van der Waals surface area (Å²) < 4.78 is 5.19. The predicted octanol–water partition coefficient (Wildman–Crippen LogP) is -0.0607. The first-order chi connectivity index (χ1) is 7.18. The maximum Gasteiger partial charge on any atom is 0.315 e. The van der Waals surface area contributed by atoms with Crippen molar-refractivity contribution in [2.45, 2.75) is 25.3 Å². The lowest BCUT2D eigenvalue weighted by Crippen LogP contribution is -2.46. The lowest BCUT2D eigenvalue weighted by Gasteiger charge is -2.23. The van der Waals surface area contributed by atoms with Crippen LogP contribution in [-0.2, 0) is 9.53 Å². The first-order valence-electron chi connectivity index (χ1n) is 5.02. The average Bonchev–Trinajstić information content (AvgIpc) is 2.18. The van der Waals surface area contributed by atoms with Gasteiger partial charge in [0.25, 0.3) is 0 Å². The largest absolute Gasteiger partial charge is 0.481 e. The van der Waals surface area contributed by atoms with E-state index >= 15 is 0 Å². The third-order valence-electron chi connectivity index (χ3n) is 2.12. The quantitative estimate of drug-likeness (QED) is 0.614. The number of carboxylic acid groups (broad SMARTS) is 1. The van der Waals surface area contributed by atoms with Gasteiger partial charge in [-0.1, -0.05) is 0 Å². The van der Waals surface area contributed by atoms with Gasteiger partial charge in [0.1, 0.15) is 0 Å². The topological polar surface area (TPSA) is 87.7 Å². The molecule has 6 nitrogen and oxygen atoms in total. The molecule has 86 valence electrons. The smallest absolute Gasteiger partial charge is 0.315 e. The predicted molar refractivity (Wildman–Crippen MR) is 52.6 cm³/mol. The van der Waals surface area contributed by atoms with E-state index < -0.39 is 5.97 Å². The summed E-state index contributed by atoms with van der Waals surface area (Å²) in [4.78, 5) is 21.4. The first-order valence-corrected chi connectivity index (χ1v) is 5.02. The van der Waals surface area contributed by atoms with Crippen molar-refractivity contribution in [3.8, 4) is 0 Å². The maximum atomic E-state index is 11.2. The fraction of sp³-hybridized carbons (Fsp3) is 0.778. The van der Waals surface area contributed by atoms with Gasteiger partial charge in [-0.3, -0.25) is 4.79 Å². The van der Waals surface area contributed by atoms with Gasteiger partial charge < -0.3 is 20.5 Å². The summed E-state index contributed by atoms with van der Waals surface area (Å²) in [6.45, 7) is 1.43. The molecule has 1 heterocycles. The summed E-state index contributed by atoms with van der Waals surface area (Å²) in [5.74, 6) is -0.920. The molecule has 0 radical (unpaired) electrons. The van der Waals surface area contributed by atoms with Crippen LogP contribution in [0.25, 0.3) is 0 Å². The minimum Gasteiger partial charge on any atom is -0.481 e. The maximum absolute atomic E-state index is 11.2. The number of carbonyl (C=O) groups is 2. The highest BCUT2D eigenvalue weighted by molar-refractivity contribution is 5.75. The molecule has 1 aliphatic rings. The van der Waals surface area contributed by atoms with E-state index in [1.165, 1.54) is 0 Å². The normalized spacial score (nSPS) is 20.7. The van der Waals surface area contributed by atoms with Crippen LogP contribution in [0.1, 0.15) is 19.3 Å². The molecule has 1 atom stereocenters. The molecule has 3 N–H and O–H groups in total. The zero-order valence-electron chi connectivity index (χ0n) is 8.49. The van der Waals surface area contributed by atoms with Crippen LogP contribution in [0.3, 0.4) is 0 Å². The Kier molecular flexibility index (Phi) is 4.89. The van der Waals surface area contributed by atoms with Gasteiger partial charge in [-0.25, -0.2) is 4.79 Å². The van der Waals surface area contributed by atoms with Gasteiger partial charge in [-0.2, -0.15) is 0 Å². The minimum atomic E-state index is -0.920. The van der Waals surface area contributed by atoms with Crippen LogP contribution in [0.5, 0.6) is 0 Å². The molecule has 1 fully saturated rings. The number of hydrogen-bond donors (Lipinski definition) is 3. The van der Waals surface area contributed by atoms with Gasteiger partial charge in [-0.15, -0.1) is 0 Å². The summed E-state index contributed by atoms with van der Waals surface area (Å²) in [6.07, 6.45) is 1.79. The molecule has 0 spiro atoms. The highest BCUT2D eigenvalue weighted by atomic mass is 16.5. The Balaban J connectivity index is 2.09. The van der Waals surface area contributed by atoms with E-state index in [1.54, 1.807) is 0 Å². The van der Waals surface area contributed by atoms with Crippen molar-refractivity contribution in [3.63, 3.8) is 0 Å². The van der Waals surface area contributed by atoms with Crippen LogP contribution >= 0.6 is 0 Å². The van der Waals surface area contributed by atoms with E-state index in [2.05, 4.69) is 10.6 Å². The fourth-order valence-electron chi connectivity index (χ4n) is 1.37. The number of nitrogens with one attached hydrogen (secondary N) is 2. The molecule has 0 aromatic carbocycles. The zero-order chi connectivity index (χ0) is 11.1. The molecule has 0 aromatic rings. The van der Waals surface area contributed by atoms with Crippen LogP contribution in [-0.4, -0.2) is 42.9 Å². The Hall–Kier alpha value is -1.30. The molecule has 2 amide bonds. The van der Waals surface area contributed by atoms with Crippen molar-refractivity contribution >= 4 is 12.0 Å². The Morgan fingerprint density at radius 2 is 2.27 bits per heavy atom. The van der Waals surface area contributed by atoms with Crippen LogP contribution < -0.4 is 10.6 Å². The average molecular weight is 216 g/mol. The van der Waals surface area contributed by atoms with Gasteiger partial charge in [0, 0.05) is 13.2 Å². The minimum absolute atomic E-state index is 0.0450. The van der Waals surface area contributed by atoms with Gasteiger partial charge in [0.2, 0.25) is 0 Å². The molecular weight excluding hydrogens is 200 g/mol. The second kappa shape index (κ2) is 6.23. The number of ether oxygens (including phenoxy) is 1. The molecule has 0 aromatic heterocycles. The monoisotopic (exact) mass is 216 g/mol. The third kappa shape index (κ3) is 5.21. The molecule has 0 aliphatic carbocycles. The SMILES string of the molecule is O=C(O)CCNC(=O)NC1CCCOC1. The molecular formula is C9H16N2O4. The van der Waals surface area contributed by atoms with Crippen molar-refractivity contribution in [2.75, 3.05) is 19.8 Å². The molecule has 1 aliphatic heterocycles. The number of carbonyl (C=O) groups excluding carboxylic acids is 1. The number of amides is 2. The van der Waals surface area contributed by atoms with Crippen LogP contribution in [0.2, 0.25) is 0 Å². The summed E-state index contributed by atoms with van der Waals surface area (Å²) in [7, 11) is 0. The summed E-state index contributed by atoms with van der Waals surface area (Å²) in [5, 5.41) is 13.6. The van der Waals surface area contributed by atoms with E-state index in [9.17, 15) is 9.59 Å². The Morgan fingerprint density at radius 1 is 1.47 bits per heavy atom. The molecule has 1 rings (SSSR count). The summed E-state index contributed by atoms with van der Waals surface area (Å²) >= 11 is 0. The van der Waals surface area contributed by atoms with E-state index in [-0.39, 0.29) is 25.0 Å². The van der Waals surface area contributed by atoms with Crippen molar-refractivity contribution in [1.82, 2.24) is 10.6 Å². The second-order valence-corrected chi connectivity index (χ2v) is 3.46. The molecule has 15 heavy (non-hydrogen) atoms. The van der Waals surface area contributed by atoms with Crippen LogP contribution in [0.15, 0.2) is 0 Å².